The number of furan rings is 1. The SMILES string of the molecule is Cc1ccc(NC(=O)c2ccc([N+](=O)[O-])o2)cc1N1CCCC1=O. The number of aryl methyl sites for hydroxylation is 1. The molecule has 0 unspecified atom stereocenters. The van der Waals surface area contributed by atoms with Crippen LogP contribution in [0, 0.1) is 17.0 Å². The molecule has 24 heavy (non-hydrogen) atoms. The van der Waals surface area contributed by atoms with Gasteiger partial charge in [0.15, 0.2) is 5.76 Å². The molecule has 1 aliphatic rings. The minimum atomic E-state index is -0.709. The lowest BCUT2D eigenvalue weighted by atomic mass is 10.1. The van der Waals surface area contributed by atoms with Crippen LogP contribution in [0.15, 0.2) is 34.7 Å². The highest BCUT2D eigenvalue weighted by molar-refractivity contribution is 6.03. The molecule has 2 heterocycles. The van der Waals surface area contributed by atoms with Crippen LogP contribution < -0.4 is 10.2 Å². The molecule has 0 radical (unpaired) electrons. The number of anilines is 2. The first-order valence-electron chi connectivity index (χ1n) is 7.42. The Morgan fingerprint density at radius 3 is 2.75 bits per heavy atom. The lowest BCUT2D eigenvalue weighted by Crippen LogP contribution is -2.24. The zero-order valence-corrected chi connectivity index (χ0v) is 12.9. The molecule has 0 atom stereocenters. The van der Waals surface area contributed by atoms with Crippen LogP contribution in [0.25, 0.3) is 0 Å². The molecule has 1 fully saturated rings. The van der Waals surface area contributed by atoms with E-state index in [0.29, 0.717) is 18.7 Å². The van der Waals surface area contributed by atoms with Crippen molar-refractivity contribution in [2.24, 2.45) is 0 Å². The number of nitro groups is 1. The van der Waals surface area contributed by atoms with E-state index in [1.165, 1.54) is 6.07 Å². The molecule has 0 spiro atoms. The van der Waals surface area contributed by atoms with Crippen molar-refractivity contribution in [3.8, 4) is 0 Å². The fourth-order valence-corrected chi connectivity index (χ4v) is 2.62. The fraction of sp³-hybridized carbons (Fsp3) is 0.250. The Bertz CT molecular complexity index is 827. The summed E-state index contributed by atoms with van der Waals surface area (Å²) >= 11 is 0. The molecule has 1 saturated heterocycles. The topological polar surface area (TPSA) is 106 Å². The quantitative estimate of drug-likeness (QED) is 0.686. The zero-order valence-electron chi connectivity index (χ0n) is 12.9. The Kier molecular flexibility index (Phi) is 4.03. The second-order valence-electron chi connectivity index (χ2n) is 5.50. The molecule has 1 aliphatic heterocycles. The van der Waals surface area contributed by atoms with Crippen molar-refractivity contribution in [1.82, 2.24) is 0 Å². The minimum Gasteiger partial charge on any atom is -0.395 e. The maximum atomic E-state index is 12.1. The van der Waals surface area contributed by atoms with Gasteiger partial charge in [-0.3, -0.25) is 19.7 Å². The largest absolute Gasteiger partial charge is 0.433 e. The second kappa shape index (κ2) is 6.15. The summed E-state index contributed by atoms with van der Waals surface area (Å²) in [4.78, 5) is 35.6. The van der Waals surface area contributed by atoms with Crippen LogP contribution in [-0.2, 0) is 4.79 Å². The average Bonchev–Trinajstić information content (AvgIpc) is 3.18. The number of benzene rings is 1. The van der Waals surface area contributed by atoms with Gasteiger partial charge in [0, 0.05) is 24.3 Å². The Labute approximate surface area is 137 Å². The van der Waals surface area contributed by atoms with E-state index in [0.717, 1.165) is 23.7 Å². The summed E-state index contributed by atoms with van der Waals surface area (Å²) in [5, 5.41) is 13.2. The minimum absolute atomic E-state index is 0.0586. The summed E-state index contributed by atoms with van der Waals surface area (Å²) in [5.74, 6) is -1.18. The molecule has 0 aliphatic carbocycles. The summed E-state index contributed by atoms with van der Waals surface area (Å²) < 4.78 is 4.87. The number of nitrogens with one attached hydrogen (secondary N) is 1. The van der Waals surface area contributed by atoms with Gasteiger partial charge in [0.1, 0.15) is 4.92 Å². The first-order valence-corrected chi connectivity index (χ1v) is 7.42. The summed E-state index contributed by atoms with van der Waals surface area (Å²) in [6.45, 7) is 2.55. The van der Waals surface area contributed by atoms with Crippen LogP contribution in [0.5, 0.6) is 0 Å². The van der Waals surface area contributed by atoms with E-state index in [4.69, 9.17) is 4.42 Å². The van der Waals surface area contributed by atoms with Crippen LogP contribution in [0.3, 0.4) is 0 Å². The van der Waals surface area contributed by atoms with Crippen LogP contribution in [0.1, 0.15) is 29.0 Å². The van der Waals surface area contributed by atoms with Crippen molar-refractivity contribution in [3.63, 3.8) is 0 Å². The molecular weight excluding hydrogens is 314 g/mol. The van der Waals surface area contributed by atoms with Gasteiger partial charge in [0.05, 0.1) is 6.07 Å². The molecule has 124 valence electrons. The van der Waals surface area contributed by atoms with Crippen molar-refractivity contribution >= 4 is 29.1 Å². The molecule has 0 bridgehead atoms. The predicted molar refractivity (Wildman–Crippen MR) is 86.1 cm³/mol. The molecule has 2 aromatic rings. The lowest BCUT2D eigenvalue weighted by Gasteiger charge is -2.19. The number of carbonyl (C=O) groups excluding carboxylic acids is 2. The summed E-state index contributed by atoms with van der Waals surface area (Å²) in [6, 6.07) is 7.59. The number of nitrogens with zero attached hydrogens (tertiary/aromatic N) is 2. The highest BCUT2D eigenvalue weighted by Crippen LogP contribution is 2.28. The molecule has 3 rings (SSSR count). The summed E-state index contributed by atoms with van der Waals surface area (Å²) in [5.41, 5.74) is 2.16. The first-order chi connectivity index (χ1) is 11.5. The fourth-order valence-electron chi connectivity index (χ4n) is 2.62. The van der Waals surface area contributed by atoms with E-state index in [2.05, 4.69) is 5.32 Å². The second-order valence-corrected chi connectivity index (χ2v) is 5.50. The maximum absolute atomic E-state index is 12.1. The van der Waals surface area contributed by atoms with E-state index < -0.39 is 16.7 Å². The Balaban J connectivity index is 1.80. The van der Waals surface area contributed by atoms with Crippen molar-refractivity contribution < 1.29 is 18.9 Å². The van der Waals surface area contributed by atoms with Gasteiger partial charge in [0.25, 0.3) is 5.91 Å². The van der Waals surface area contributed by atoms with Gasteiger partial charge < -0.3 is 14.6 Å². The molecule has 8 heteroatoms. The van der Waals surface area contributed by atoms with Gasteiger partial charge in [-0.25, -0.2) is 0 Å². The average molecular weight is 329 g/mol. The third kappa shape index (κ3) is 2.98. The van der Waals surface area contributed by atoms with E-state index >= 15 is 0 Å². The van der Waals surface area contributed by atoms with Gasteiger partial charge in [-0.05, 0) is 37.1 Å². The highest BCUT2D eigenvalue weighted by Gasteiger charge is 2.24. The van der Waals surface area contributed by atoms with Crippen LogP contribution in [0.2, 0.25) is 0 Å². The van der Waals surface area contributed by atoms with E-state index in [-0.39, 0.29) is 11.7 Å². The number of carbonyl (C=O) groups is 2. The van der Waals surface area contributed by atoms with Crippen molar-refractivity contribution in [2.75, 3.05) is 16.8 Å². The normalized spacial score (nSPS) is 14.0. The van der Waals surface area contributed by atoms with Gasteiger partial charge in [-0.15, -0.1) is 0 Å². The first kappa shape index (κ1) is 15.7. The number of amides is 2. The van der Waals surface area contributed by atoms with Gasteiger partial charge in [-0.2, -0.15) is 0 Å². The Morgan fingerprint density at radius 2 is 2.12 bits per heavy atom. The molecule has 0 saturated carbocycles. The maximum Gasteiger partial charge on any atom is 0.433 e. The van der Waals surface area contributed by atoms with Gasteiger partial charge >= 0.3 is 5.88 Å². The zero-order chi connectivity index (χ0) is 17.3. The molecule has 8 nitrogen and oxygen atoms in total. The number of hydrogen-bond donors (Lipinski definition) is 1. The smallest absolute Gasteiger partial charge is 0.395 e. The molecular formula is C16H15N3O5. The molecule has 2 amide bonds. The van der Waals surface area contributed by atoms with Crippen molar-refractivity contribution in [3.05, 3.63) is 51.8 Å². The third-order valence-corrected chi connectivity index (χ3v) is 3.83. The van der Waals surface area contributed by atoms with Crippen LogP contribution in [-0.4, -0.2) is 23.3 Å². The van der Waals surface area contributed by atoms with Crippen LogP contribution >= 0.6 is 0 Å². The predicted octanol–water partition coefficient (Wildman–Crippen LogP) is 2.88. The molecule has 1 aromatic heterocycles. The van der Waals surface area contributed by atoms with E-state index in [1.807, 2.05) is 6.92 Å². The van der Waals surface area contributed by atoms with Crippen molar-refractivity contribution in [1.29, 1.82) is 0 Å². The van der Waals surface area contributed by atoms with Gasteiger partial charge in [-0.1, -0.05) is 6.07 Å². The lowest BCUT2D eigenvalue weighted by molar-refractivity contribution is -0.402. The standard InChI is InChI=1S/C16H15N3O5/c1-10-4-5-11(9-12(10)18-8-2-3-14(18)20)17-16(21)13-6-7-15(24-13)19(22)23/h4-7,9H,2-3,8H2,1H3,(H,17,21). The van der Waals surface area contributed by atoms with Gasteiger partial charge in [0.2, 0.25) is 5.91 Å². The summed E-state index contributed by atoms with van der Waals surface area (Å²) in [7, 11) is 0. The van der Waals surface area contributed by atoms with E-state index in [1.54, 1.807) is 23.1 Å². The molecule has 1 aromatic carbocycles. The monoisotopic (exact) mass is 329 g/mol. The van der Waals surface area contributed by atoms with Crippen molar-refractivity contribution in [2.45, 2.75) is 19.8 Å². The number of rotatable bonds is 4. The Morgan fingerprint density at radius 1 is 1.33 bits per heavy atom. The summed E-state index contributed by atoms with van der Waals surface area (Å²) in [6.07, 6.45) is 1.33. The van der Waals surface area contributed by atoms with E-state index in [9.17, 15) is 19.7 Å². The highest BCUT2D eigenvalue weighted by atomic mass is 16.6. The number of hydrogen-bond acceptors (Lipinski definition) is 5. The Hall–Kier alpha value is -3.16. The third-order valence-electron chi connectivity index (χ3n) is 3.83. The molecule has 1 N–H and O–H groups in total. The van der Waals surface area contributed by atoms with Crippen LogP contribution in [0.4, 0.5) is 17.3 Å².